The maximum atomic E-state index is 12.1. The molecular formula is C15H22N2O2. The molecule has 1 saturated heterocycles. The number of carbonyl (C=O) groups is 1. The first-order valence-corrected chi connectivity index (χ1v) is 6.84. The Bertz CT molecular complexity index is 431. The number of carbonyl (C=O) groups excluding carboxylic acids is 1. The molecule has 4 nitrogen and oxygen atoms in total. The molecule has 1 aliphatic heterocycles. The molecule has 0 unspecified atom stereocenters. The number of benzene rings is 1. The number of likely N-dealkylation sites (tertiary alicyclic amines) is 1. The van der Waals surface area contributed by atoms with Crippen molar-refractivity contribution in [3.05, 3.63) is 29.3 Å². The molecular weight excluding hydrogens is 240 g/mol. The molecule has 0 bridgehead atoms. The van der Waals surface area contributed by atoms with Crippen LogP contribution in [-0.4, -0.2) is 41.7 Å². The first kappa shape index (κ1) is 13.9. The Kier molecular flexibility index (Phi) is 4.43. The van der Waals surface area contributed by atoms with Crippen LogP contribution in [0.4, 0.5) is 5.69 Å². The summed E-state index contributed by atoms with van der Waals surface area (Å²) in [5, 5.41) is 12.7. The van der Waals surface area contributed by atoms with Crippen molar-refractivity contribution in [2.24, 2.45) is 0 Å². The number of hydrogen-bond acceptors (Lipinski definition) is 3. The summed E-state index contributed by atoms with van der Waals surface area (Å²) in [6.45, 7) is 5.72. The van der Waals surface area contributed by atoms with Gasteiger partial charge >= 0.3 is 0 Å². The van der Waals surface area contributed by atoms with Gasteiger partial charge in [-0.3, -0.25) is 4.79 Å². The average molecular weight is 262 g/mol. The number of nitrogens with one attached hydrogen (secondary N) is 1. The SMILES string of the molecule is Cc1cccc(C)c1NCC(=O)N1CCC(O)CC1. The van der Waals surface area contributed by atoms with Crippen LogP contribution < -0.4 is 5.32 Å². The lowest BCUT2D eigenvalue weighted by molar-refractivity contribution is -0.131. The van der Waals surface area contributed by atoms with E-state index in [2.05, 4.69) is 5.32 Å². The van der Waals surface area contributed by atoms with Crippen LogP contribution >= 0.6 is 0 Å². The fourth-order valence-electron chi connectivity index (χ4n) is 2.48. The summed E-state index contributed by atoms with van der Waals surface area (Å²) in [5.74, 6) is 0.106. The van der Waals surface area contributed by atoms with Crippen molar-refractivity contribution < 1.29 is 9.90 Å². The maximum Gasteiger partial charge on any atom is 0.241 e. The van der Waals surface area contributed by atoms with Crippen LogP contribution in [0.1, 0.15) is 24.0 Å². The predicted octanol–water partition coefficient (Wildman–Crippen LogP) is 1.70. The van der Waals surface area contributed by atoms with E-state index in [9.17, 15) is 9.90 Å². The first-order chi connectivity index (χ1) is 9.08. The van der Waals surface area contributed by atoms with E-state index in [1.54, 1.807) is 0 Å². The predicted molar refractivity (Wildman–Crippen MR) is 76.2 cm³/mol. The van der Waals surface area contributed by atoms with Crippen LogP contribution in [0.3, 0.4) is 0 Å². The Morgan fingerprint density at radius 1 is 1.32 bits per heavy atom. The van der Waals surface area contributed by atoms with Crippen molar-refractivity contribution in [1.82, 2.24) is 4.90 Å². The highest BCUT2D eigenvalue weighted by Crippen LogP contribution is 2.19. The Morgan fingerprint density at radius 2 is 1.89 bits per heavy atom. The number of nitrogens with zero attached hydrogens (tertiary/aromatic N) is 1. The summed E-state index contributed by atoms with van der Waals surface area (Å²) in [7, 11) is 0. The van der Waals surface area contributed by atoms with Gasteiger partial charge in [0.2, 0.25) is 5.91 Å². The smallest absolute Gasteiger partial charge is 0.241 e. The number of para-hydroxylation sites is 1. The van der Waals surface area contributed by atoms with E-state index in [1.165, 1.54) is 0 Å². The van der Waals surface area contributed by atoms with E-state index in [-0.39, 0.29) is 12.0 Å². The van der Waals surface area contributed by atoms with Crippen LogP contribution in [0.25, 0.3) is 0 Å². The molecule has 2 rings (SSSR count). The molecule has 1 heterocycles. The summed E-state index contributed by atoms with van der Waals surface area (Å²) in [4.78, 5) is 13.9. The quantitative estimate of drug-likeness (QED) is 0.871. The summed E-state index contributed by atoms with van der Waals surface area (Å²) < 4.78 is 0. The molecule has 0 saturated carbocycles. The Hall–Kier alpha value is -1.55. The Morgan fingerprint density at radius 3 is 2.47 bits per heavy atom. The molecule has 0 aromatic heterocycles. The minimum absolute atomic E-state index is 0.106. The number of aliphatic hydroxyl groups excluding tert-OH is 1. The lowest BCUT2D eigenvalue weighted by Gasteiger charge is -2.30. The van der Waals surface area contributed by atoms with Gasteiger partial charge in [0, 0.05) is 18.8 Å². The summed E-state index contributed by atoms with van der Waals surface area (Å²) in [6, 6.07) is 6.10. The van der Waals surface area contributed by atoms with Gasteiger partial charge in [0.1, 0.15) is 0 Å². The fourth-order valence-corrected chi connectivity index (χ4v) is 2.48. The van der Waals surface area contributed by atoms with Crippen molar-refractivity contribution >= 4 is 11.6 Å². The molecule has 1 aliphatic rings. The number of amides is 1. The summed E-state index contributed by atoms with van der Waals surface area (Å²) >= 11 is 0. The Labute approximate surface area is 114 Å². The van der Waals surface area contributed by atoms with E-state index in [0.717, 1.165) is 16.8 Å². The number of aliphatic hydroxyl groups is 1. The lowest BCUT2D eigenvalue weighted by Crippen LogP contribution is -2.42. The van der Waals surface area contributed by atoms with Crippen LogP contribution in [0, 0.1) is 13.8 Å². The van der Waals surface area contributed by atoms with E-state index in [4.69, 9.17) is 0 Å². The minimum atomic E-state index is -0.240. The van der Waals surface area contributed by atoms with Gasteiger partial charge in [0.15, 0.2) is 0 Å². The van der Waals surface area contributed by atoms with E-state index >= 15 is 0 Å². The number of anilines is 1. The zero-order valence-electron chi connectivity index (χ0n) is 11.6. The number of rotatable bonds is 3. The third kappa shape index (κ3) is 3.47. The molecule has 104 valence electrons. The minimum Gasteiger partial charge on any atom is -0.393 e. The maximum absolute atomic E-state index is 12.1. The third-order valence-corrected chi connectivity index (χ3v) is 3.71. The van der Waals surface area contributed by atoms with Gasteiger partial charge in [-0.25, -0.2) is 0 Å². The van der Waals surface area contributed by atoms with Gasteiger partial charge in [-0.15, -0.1) is 0 Å². The molecule has 1 amide bonds. The van der Waals surface area contributed by atoms with Crippen molar-refractivity contribution in [3.63, 3.8) is 0 Å². The lowest BCUT2D eigenvalue weighted by atomic mass is 10.1. The fraction of sp³-hybridized carbons (Fsp3) is 0.533. The van der Waals surface area contributed by atoms with Gasteiger partial charge in [-0.05, 0) is 37.8 Å². The van der Waals surface area contributed by atoms with Crippen LogP contribution in [0.5, 0.6) is 0 Å². The molecule has 4 heteroatoms. The highest BCUT2D eigenvalue weighted by molar-refractivity contribution is 5.81. The van der Waals surface area contributed by atoms with E-state index < -0.39 is 0 Å². The van der Waals surface area contributed by atoms with Gasteiger partial charge in [0.25, 0.3) is 0 Å². The number of hydrogen-bond donors (Lipinski definition) is 2. The normalized spacial score (nSPS) is 16.5. The van der Waals surface area contributed by atoms with Crippen molar-refractivity contribution in [1.29, 1.82) is 0 Å². The molecule has 2 N–H and O–H groups in total. The molecule has 1 fully saturated rings. The van der Waals surface area contributed by atoms with Crippen LogP contribution in [0.15, 0.2) is 18.2 Å². The third-order valence-electron chi connectivity index (χ3n) is 3.71. The topological polar surface area (TPSA) is 52.6 Å². The van der Waals surface area contributed by atoms with Gasteiger partial charge in [0.05, 0.1) is 12.6 Å². The average Bonchev–Trinajstić information content (AvgIpc) is 2.38. The second-order valence-electron chi connectivity index (χ2n) is 5.23. The summed E-state index contributed by atoms with van der Waals surface area (Å²) in [5.41, 5.74) is 3.36. The second-order valence-corrected chi connectivity index (χ2v) is 5.23. The summed E-state index contributed by atoms with van der Waals surface area (Å²) in [6.07, 6.45) is 1.14. The Balaban J connectivity index is 1.90. The molecule has 19 heavy (non-hydrogen) atoms. The monoisotopic (exact) mass is 262 g/mol. The molecule has 1 aromatic carbocycles. The second kappa shape index (κ2) is 6.06. The molecule has 0 spiro atoms. The first-order valence-electron chi connectivity index (χ1n) is 6.84. The van der Waals surface area contributed by atoms with Gasteiger partial charge in [-0.2, -0.15) is 0 Å². The highest BCUT2D eigenvalue weighted by Gasteiger charge is 2.20. The molecule has 1 aromatic rings. The van der Waals surface area contributed by atoms with E-state index in [1.807, 2.05) is 36.9 Å². The molecule has 0 aliphatic carbocycles. The largest absolute Gasteiger partial charge is 0.393 e. The van der Waals surface area contributed by atoms with Gasteiger partial charge < -0.3 is 15.3 Å². The van der Waals surface area contributed by atoms with E-state index in [0.29, 0.717) is 32.5 Å². The van der Waals surface area contributed by atoms with Crippen molar-refractivity contribution in [3.8, 4) is 0 Å². The standard InChI is InChI=1S/C15H22N2O2/c1-11-4-3-5-12(2)15(11)16-10-14(19)17-8-6-13(18)7-9-17/h3-5,13,16,18H,6-10H2,1-2H3. The molecule has 0 atom stereocenters. The number of aryl methyl sites for hydroxylation is 2. The van der Waals surface area contributed by atoms with Crippen LogP contribution in [0.2, 0.25) is 0 Å². The zero-order valence-corrected chi connectivity index (χ0v) is 11.6. The van der Waals surface area contributed by atoms with Crippen LogP contribution in [-0.2, 0) is 4.79 Å². The molecule has 0 radical (unpaired) electrons. The highest BCUT2D eigenvalue weighted by atomic mass is 16.3. The zero-order chi connectivity index (χ0) is 13.8. The van der Waals surface area contributed by atoms with Crippen molar-refractivity contribution in [2.45, 2.75) is 32.8 Å². The van der Waals surface area contributed by atoms with Gasteiger partial charge in [-0.1, -0.05) is 18.2 Å². The number of piperidine rings is 1. The van der Waals surface area contributed by atoms with Crippen molar-refractivity contribution in [2.75, 3.05) is 25.0 Å².